The maximum Gasteiger partial charge on any atom is 0.215 e. The Bertz CT molecular complexity index is 485. The smallest absolute Gasteiger partial charge is 0.215 e. The Kier molecular flexibility index (Phi) is 2.27. The second-order valence-electron chi connectivity index (χ2n) is 4.37. The standard InChI is InChI=1S/C12H16N2O/c1-8-5-6-10-9(7-8)14-11(15-10)12(2,3)13-4/h5-7,13H,1-4H3. The van der Waals surface area contributed by atoms with Crippen LogP contribution in [0.5, 0.6) is 0 Å². The van der Waals surface area contributed by atoms with Gasteiger partial charge in [0.2, 0.25) is 5.89 Å². The minimum absolute atomic E-state index is 0.229. The van der Waals surface area contributed by atoms with E-state index in [9.17, 15) is 0 Å². The first-order valence-corrected chi connectivity index (χ1v) is 5.09. The molecule has 0 saturated heterocycles. The molecular weight excluding hydrogens is 188 g/mol. The Labute approximate surface area is 89.5 Å². The van der Waals surface area contributed by atoms with Crippen molar-refractivity contribution in [2.75, 3.05) is 7.05 Å². The molecule has 0 amide bonds. The molecule has 2 rings (SSSR count). The summed E-state index contributed by atoms with van der Waals surface area (Å²) in [6.45, 7) is 6.14. The third kappa shape index (κ3) is 1.75. The first-order chi connectivity index (χ1) is 7.03. The molecule has 0 aliphatic carbocycles. The molecule has 3 heteroatoms. The summed E-state index contributed by atoms with van der Waals surface area (Å²) in [5, 5.41) is 3.18. The van der Waals surface area contributed by atoms with E-state index < -0.39 is 0 Å². The van der Waals surface area contributed by atoms with E-state index in [0.717, 1.165) is 17.0 Å². The molecule has 1 N–H and O–H groups in total. The third-order valence-electron chi connectivity index (χ3n) is 2.70. The quantitative estimate of drug-likeness (QED) is 0.817. The van der Waals surface area contributed by atoms with Gasteiger partial charge in [0.05, 0.1) is 5.54 Å². The van der Waals surface area contributed by atoms with E-state index in [-0.39, 0.29) is 5.54 Å². The molecule has 0 atom stereocenters. The summed E-state index contributed by atoms with van der Waals surface area (Å²) in [4.78, 5) is 4.49. The van der Waals surface area contributed by atoms with Crippen molar-refractivity contribution in [1.29, 1.82) is 0 Å². The molecule has 0 bridgehead atoms. The summed E-state index contributed by atoms with van der Waals surface area (Å²) in [7, 11) is 1.90. The number of aromatic nitrogens is 1. The molecule has 1 aromatic carbocycles. The predicted molar refractivity (Wildman–Crippen MR) is 60.8 cm³/mol. The Balaban J connectivity index is 2.56. The minimum Gasteiger partial charge on any atom is -0.439 e. The molecule has 2 aromatic rings. The fourth-order valence-corrected chi connectivity index (χ4v) is 1.41. The van der Waals surface area contributed by atoms with Crippen LogP contribution in [0.4, 0.5) is 0 Å². The summed E-state index contributed by atoms with van der Waals surface area (Å²) < 4.78 is 5.71. The van der Waals surface area contributed by atoms with Crippen molar-refractivity contribution in [3.8, 4) is 0 Å². The average molecular weight is 204 g/mol. The second-order valence-corrected chi connectivity index (χ2v) is 4.37. The normalized spacial score (nSPS) is 12.3. The van der Waals surface area contributed by atoms with Crippen molar-refractivity contribution in [3.05, 3.63) is 29.7 Å². The average Bonchev–Trinajstić information content (AvgIpc) is 2.61. The predicted octanol–water partition coefficient (Wildman–Crippen LogP) is 2.59. The van der Waals surface area contributed by atoms with Gasteiger partial charge in [0, 0.05) is 0 Å². The van der Waals surface area contributed by atoms with Gasteiger partial charge in [0.25, 0.3) is 0 Å². The highest BCUT2D eigenvalue weighted by Gasteiger charge is 2.24. The molecule has 3 nitrogen and oxygen atoms in total. The minimum atomic E-state index is -0.229. The summed E-state index contributed by atoms with van der Waals surface area (Å²) in [5.41, 5.74) is 2.74. The van der Waals surface area contributed by atoms with E-state index in [1.54, 1.807) is 0 Å². The van der Waals surface area contributed by atoms with Crippen LogP contribution in [-0.4, -0.2) is 12.0 Å². The number of nitrogens with one attached hydrogen (secondary N) is 1. The summed E-state index contributed by atoms with van der Waals surface area (Å²) in [6.07, 6.45) is 0. The molecule has 0 saturated carbocycles. The number of benzene rings is 1. The van der Waals surface area contributed by atoms with Crippen LogP contribution in [0.25, 0.3) is 11.1 Å². The van der Waals surface area contributed by atoms with Gasteiger partial charge in [-0.15, -0.1) is 0 Å². The number of aryl methyl sites for hydroxylation is 1. The molecule has 0 aliphatic rings. The van der Waals surface area contributed by atoms with Gasteiger partial charge in [-0.05, 0) is 45.5 Å². The lowest BCUT2D eigenvalue weighted by atomic mass is 10.1. The fourth-order valence-electron chi connectivity index (χ4n) is 1.41. The van der Waals surface area contributed by atoms with E-state index in [0.29, 0.717) is 0 Å². The lowest BCUT2D eigenvalue weighted by Crippen LogP contribution is -2.33. The summed E-state index contributed by atoms with van der Waals surface area (Å²) >= 11 is 0. The maximum absolute atomic E-state index is 5.71. The molecule has 0 spiro atoms. The molecule has 15 heavy (non-hydrogen) atoms. The first-order valence-electron chi connectivity index (χ1n) is 5.09. The molecular formula is C12H16N2O. The number of oxazole rings is 1. The van der Waals surface area contributed by atoms with Crippen LogP contribution < -0.4 is 5.32 Å². The van der Waals surface area contributed by atoms with Gasteiger partial charge in [-0.25, -0.2) is 4.98 Å². The van der Waals surface area contributed by atoms with Crippen LogP contribution in [-0.2, 0) is 5.54 Å². The van der Waals surface area contributed by atoms with Crippen molar-refractivity contribution in [2.45, 2.75) is 26.3 Å². The zero-order valence-corrected chi connectivity index (χ0v) is 9.59. The van der Waals surface area contributed by atoms with Gasteiger partial charge in [0.1, 0.15) is 5.52 Å². The van der Waals surface area contributed by atoms with Crippen molar-refractivity contribution in [1.82, 2.24) is 10.3 Å². The van der Waals surface area contributed by atoms with Crippen LogP contribution in [0.3, 0.4) is 0 Å². The highest BCUT2D eigenvalue weighted by molar-refractivity contribution is 5.73. The number of rotatable bonds is 2. The molecule has 0 radical (unpaired) electrons. The summed E-state index contributed by atoms with van der Waals surface area (Å²) in [6, 6.07) is 6.03. The van der Waals surface area contributed by atoms with Crippen molar-refractivity contribution >= 4 is 11.1 Å². The van der Waals surface area contributed by atoms with Crippen molar-refractivity contribution < 1.29 is 4.42 Å². The zero-order chi connectivity index (χ0) is 11.1. The second kappa shape index (κ2) is 3.35. The van der Waals surface area contributed by atoms with Crippen LogP contribution in [0.2, 0.25) is 0 Å². The number of fused-ring (bicyclic) bond motifs is 1. The van der Waals surface area contributed by atoms with Gasteiger partial charge in [0.15, 0.2) is 5.58 Å². The summed E-state index contributed by atoms with van der Waals surface area (Å²) in [5.74, 6) is 0.727. The van der Waals surface area contributed by atoms with Crippen molar-refractivity contribution in [2.24, 2.45) is 0 Å². The topological polar surface area (TPSA) is 38.1 Å². The first kappa shape index (κ1) is 10.2. The van der Waals surface area contributed by atoms with E-state index in [4.69, 9.17) is 4.42 Å². The molecule has 0 aliphatic heterocycles. The maximum atomic E-state index is 5.71. The number of hydrogen-bond donors (Lipinski definition) is 1. The highest BCUT2D eigenvalue weighted by atomic mass is 16.4. The lowest BCUT2D eigenvalue weighted by Gasteiger charge is -2.18. The van der Waals surface area contributed by atoms with E-state index in [1.165, 1.54) is 5.56 Å². The lowest BCUT2D eigenvalue weighted by molar-refractivity contribution is 0.338. The van der Waals surface area contributed by atoms with E-state index in [2.05, 4.69) is 17.2 Å². The van der Waals surface area contributed by atoms with Crippen LogP contribution in [0.1, 0.15) is 25.3 Å². The van der Waals surface area contributed by atoms with Crippen LogP contribution in [0.15, 0.2) is 22.6 Å². The molecule has 0 fully saturated rings. The largest absolute Gasteiger partial charge is 0.439 e. The van der Waals surface area contributed by atoms with Crippen LogP contribution >= 0.6 is 0 Å². The van der Waals surface area contributed by atoms with Gasteiger partial charge >= 0.3 is 0 Å². The van der Waals surface area contributed by atoms with E-state index in [1.807, 2.05) is 39.1 Å². The molecule has 1 heterocycles. The SMILES string of the molecule is CNC(C)(C)c1nc2cc(C)ccc2o1. The zero-order valence-electron chi connectivity index (χ0n) is 9.59. The van der Waals surface area contributed by atoms with Gasteiger partial charge in [-0.3, -0.25) is 0 Å². The Morgan fingerprint density at radius 3 is 2.73 bits per heavy atom. The Morgan fingerprint density at radius 2 is 2.07 bits per heavy atom. The third-order valence-corrected chi connectivity index (χ3v) is 2.70. The highest BCUT2D eigenvalue weighted by Crippen LogP contribution is 2.24. The number of nitrogens with zero attached hydrogens (tertiary/aromatic N) is 1. The Hall–Kier alpha value is -1.35. The molecule has 0 unspecified atom stereocenters. The molecule has 1 aromatic heterocycles. The van der Waals surface area contributed by atoms with Gasteiger partial charge in [-0.1, -0.05) is 6.07 Å². The molecule has 80 valence electrons. The van der Waals surface area contributed by atoms with Crippen LogP contribution in [0, 0.1) is 6.92 Å². The fraction of sp³-hybridized carbons (Fsp3) is 0.417. The number of hydrogen-bond acceptors (Lipinski definition) is 3. The van der Waals surface area contributed by atoms with Gasteiger partial charge in [-0.2, -0.15) is 0 Å². The van der Waals surface area contributed by atoms with Gasteiger partial charge < -0.3 is 9.73 Å². The van der Waals surface area contributed by atoms with E-state index >= 15 is 0 Å². The van der Waals surface area contributed by atoms with Crippen molar-refractivity contribution in [3.63, 3.8) is 0 Å². The monoisotopic (exact) mass is 204 g/mol. The Morgan fingerprint density at radius 1 is 1.33 bits per heavy atom.